The fourth-order valence-corrected chi connectivity index (χ4v) is 3.44. The molecule has 0 saturated carbocycles. The van der Waals surface area contributed by atoms with Gasteiger partial charge in [0.25, 0.3) is 5.91 Å². The molecule has 1 saturated heterocycles. The number of nitrogens with zero attached hydrogens (tertiary/aromatic N) is 2. The van der Waals surface area contributed by atoms with E-state index in [9.17, 15) is 14.0 Å². The van der Waals surface area contributed by atoms with Gasteiger partial charge in [-0.05, 0) is 43.1 Å². The number of aryl methyl sites for hydroxylation is 1. The van der Waals surface area contributed by atoms with E-state index < -0.39 is 5.82 Å². The minimum atomic E-state index is -0.479. The summed E-state index contributed by atoms with van der Waals surface area (Å²) in [5.41, 5.74) is 1.72. The number of hydrogen-bond acceptors (Lipinski definition) is 5. The van der Waals surface area contributed by atoms with Crippen LogP contribution in [-0.4, -0.2) is 29.8 Å². The average molecular weight is 348 g/mol. The topological polar surface area (TPSA) is 74.3 Å². The molecule has 1 aromatic heterocycles. The van der Waals surface area contributed by atoms with Gasteiger partial charge in [0.15, 0.2) is 0 Å². The average Bonchev–Trinajstić information content (AvgIpc) is 3.14. The van der Waals surface area contributed by atoms with Gasteiger partial charge in [-0.25, -0.2) is 4.39 Å². The van der Waals surface area contributed by atoms with Crippen LogP contribution in [0.4, 0.5) is 20.8 Å². The van der Waals surface area contributed by atoms with Crippen LogP contribution in [0.3, 0.4) is 0 Å². The highest BCUT2D eigenvalue weighted by Gasteiger charge is 2.25. The Morgan fingerprint density at radius 1 is 1.42 bits per heavy atom. The van der Waals surface area contributed by atoms with E-state index >= 15 is 0 Å². The molecule has 3 rings (SSSR count). The molecule has 1 aromatic carbocycles. The first-order valence-electron chi connectivity index (χ1n) is 7.56. The summed E-state index contributed by atoms with van der Waals surface area (Å²) in [6.07, 6.45) is 1.13. The summed E-state index contributed by atoms with van der Waals surface area (Å²) in [5, 5.41) is 6.35. The monoisotopic (exact) mass is 348 g/mol. The fraction of sp³-hybridized carbons (Fsp3) is 0.312. The highest BCUT2D eigenvalue weighted by Crippen LogP contribution is 2.29. The highest BCUT2D eigenvalue weighted by atomic mass is 32.1. The summed E-state index contributed by atoms with van der Waals surface area (Å²) < 4.78 is 18.2. The summed E-state index contributed by atoms with van der Waals surface area (Å²) in [6, 6.07) is 4.23. The third-order valence-electron chi connectivity index (χ3n) is 3.89. The molecule has 2 amide bonds. The van der Waals surface area contributed by atoms with E-state index in [1.165, 1.54) is 34.6 Å². The Kier molecular flexibility index (Phi) is 4.48. The summed E-state index contributed by atoms with van der Waals surface area (Å²) in [5.74, 6) is -0.906. The quantitative estimate of drug-likeness (QED) is 0.891. The summed E-state index contributed by atoms with van der Waals surface area (Å²) >= 11 is 1.21. The number of amides is 2. The van der Waals surface area contributed by atoms with Gasteiger partial charge in [0.2, 0.25) is 5.91 Å². The standard InChI is InChI=1S/C16H17FN4O2S/c1-9-14(16(18-2)24-20-9)15(23)19-10-5-6-11(17)12(8-10)21-7-3-4-13(21)22/h5-6,8,18H,3-4,7H2,1-2H3,(H,19,23). The van der Waals surface area contributed by atoms with Crippen molar-refractivity contribution in [2.75, 3.05) is 29.1 Å². The van der Waals surface area contributed by atoms with E-state index in [-0.39, 0.29) is 17.5 Å². The third kappa shape index (κ3) is 2.96. The lowest BCUT2D eigenvalue weighted by molar-refractivity contribution is -0.117. The van der Waals surface area contributed by atoms with Crippen molar-refractivity contribution in [3.8, 4) is 0 Å². The van der Waals surface area contributed by atoms with Crippen LogP contribution in [0.2, 0.25) is 0 Å². The van der Waals surface area contributed by atoms with Crippen LogP contribution in [0.15, 0.2) is 18.2 Å². The summed E-state index contributed by atoms with van der Waals surface area (Å²) in [4.78, 5) is 25.7. The van der Waals surface area contributed by atoms with Gasteiger partial charge in [-0.1, -0.05) is 0 Å². The summed E-state index contributed by atoms with van der Waals surface area (Å²) in [6.45, 7) is 2.25. The Balaban J connectivity index is 1.86. The molecule has 126 valence electrons. The second-order valence-corrected chi connectivity index (χ2v) is 6.26. The normalized spacial score (nSPS) is 14.1. The number of aromatic nitrogens is 1. The molecule has 1 aliphatic rings. The zero-order chi connectivity index (χ0) is 17.3. The molecule has 24 heavy (non-hydrogen) atoms. The van der Waals surface area contributed by atoms with Gasteiger partial charge in [-0.3, -0.25) is 9.59 Å². The SMILES string of the molecule is CNc1snc(C)c1C(=O)Nc1ccc(F)c(N2CCCC2=O)c1. The van der Waals surface area contributed by atoms with E-state index in [1.807, 2.05) is 0 Å². The maximum Gasteiger partial charge on any atom is 0.260 e. The maximum atomic E-state index is 14.1. The van der Waals surface area contributed by atoms with Crippen LogP contribution in [0.1, 0.15) is 28.9 Å². The molecule has 0 unspecified atom stereocenters. The molecule has 0 radical (unpaired) electrons. The number of nitrogens with one attached hydrogen (secondary N) is 2. The Morgan fingerprint density at radius 3 is 2.88 bits per heavy atom. The predicted molar refractivity (Wildman–Crippen MR) is 92.3 cm³/mol. The van der Waals surface area contributed by atoms with Crippen molar-refractivity contribution in [2.24, 2.45) is 0 Å². The molecule has 1 aliphatic heterocycles. The molecule has 1 fully saturated rings. The number of carbonyl (C=O) groups is 2. The molecule has 2 N–H and O–H groups in total. The molecule has 0 bridgehead atoms. The maximum absolute atomic E-state index is 14.1. The Bertz CT molecular complexity index is 805. The van der Waals surface area contributed by atoms with Gasteiger partial charge in [0, 0.05) is 25.7 Å². The van der Waals surface area contributed by atoms with Crippen molar-refractivity contribution in [3.63, 3.8) is 0 Å². The fourth-order valence-electron chi connectivity index (χ4n) is 2.70. The molecule has 2 aromatic rings. The zero-order valence-corrected chi connectivity index (χ0v) is 14.2. The molecule has 0 aliphatic carbocycles. The first-order chi connectivity index (χ1) is 11.5. The van der Waals surface area contributed by atoms with Gasteiger partial charge in [0.1, 0.15) is 10.8 Å². The van der Waals surface area contributed by atoms with Crippen LogP contribution < -0.4 is 15.5 Å². The van der Waals surface area contributed by atoms with Gasteiger partial charge < -0.3 is 15.5 Å². The number of carbonyl (C=O) groups excluding carboxylic acids is 2. The van der Waals surface area contributed by atoms with Crippen molar-refractivity contribution < 1.29 is 14.0 Å². The van der Waals surface area contributed by atoms with Crippen LogP contribution >= 0.6 is 11.5 Å². The van der Waals surface area contributed by atoms with Crippen LogP contribution in [0.5, 0.6) is 0 Å². The minimum absolute atomic E-state index is 0.104. The molecule has 2 heterocycles. The Hall–Kier alpha value is -2.48. The second-order valence-electron chi connectivity index (χ2n) is 5.49. The summed E-state index contributed by atoms with van der Waals surface area (Å²) in [7, 11) is 1.72. The smallest absolute Gasteiger partial charge is 0.260 e. The molecule has 6 nitrogen and oxygen atoms in total. The van der Waals surface area contributed by atoms with Crippen molar-refractivity contribution in [3.05, 3.63) is 35.3 Å². The van der Waals surface area contributed by atoms with Crippen LogP contribution in [0.25, 0.3) is 0 Å². The largest absolute Gasteiger partial charge is 0.378 e. The van der Waals surface area contributed by atoms with E-state index in [0.29, 0.717) is 41.3 Å². The molecular formula is C16H17FN4O2S. The molecule has 0 spiro atoms. The number of anilines is 3. The molecule has 8 heteroatoms. The van der Waals surface area contributed by atoms with E-state index in [2.05, 4.69) is 15.0 Å². The first-order valence-corrected chi connectivity index (χ1v) is 8.34. The Labute approximate surface area is 142 Å². The van der Waals surface area contributed by atoms with Crippen molar-refractivity contribution >= 4 is 39.7 Å². The second kappa shape index (κ2) is 6.56. The molecular weight excluding hydrogens is 331 g/mol. The number of benzene rings is 1. The van der Waals surface area contributed by atoms with Gasteiger partial charge >= 0.3 is 0 Å². The van der Waals surface area contributed by atoms with Crippen molar-refractivity contribution in [2.45, 2.75) is 19.8 Å². The van der Waals surface area contributed by atoms with Gasteiger partial charge in [-0.15, -0.1) is 0 Å². The number of rotatable bonds is 4. The predicted octanol–water partition coefficient (Wildman–Crippen LogP) is 3.01. The van der Waals surface area contributed by atoms with Crippen molar-refractivity contribution in [1.29, 1.82) is 0 Å². The lowest BCUT2D eigenvalue weighted by atomic mass is 10.2. The first kappa shape index (κ1) is 16.4. The number of hydrogen-bond donors (Lipinski definition) is 2. The highest BCUT2D eigenvalue weighted by molar-refractivity contribution is 7.10. The third-order valence-corrected chi connectivity index (χ3v) is 4.84. The lowest BCUT2D eigenvalue weighted by Gasteiger charge is -2.17. The minimum Gasteiger partial charge on any atom is -0.378 e. The number of halogens is 1. The molecule has 0 atom stereocenters. The van der Waals surface area contributed by atoms with E-state index in [4.69, 9.17) is 0 Å². The van der Waals surface area contributed by atoms with Gasteiger partial charge in [-0.2, -0.15) is 4.37 Å². The zero-order valence-electron chi connectivity index (χ0n) is 13.4. The van der Waals surface area contributed by atoms with Crippen LogP contribution in [-0.2, 0) is 4.79 Å². The Morgan fingerprint density at radius 2 is 2.21 bits per heavy atom. The van der Waals surface area contributed by atoms with Crippen LogP contribution in [0, 0.1) is 12.7 Å². The lowest BCUT2D eigenvalue weighted by Crippen LogP contribution is -2.25. The van der Waals surface area contributed by atoms with Crippen molar-refractivity contribution in [1.82, 2.24) is 4.37 Å². The van der Waals surface area contributed by atoms with E-state index in [0.717, 1.165) is 0 Å². The van der Waals surface area contributed by atoms with Gasteiger partial charge in [0.05, 0.1) is 16.9 Å². The van der Waals surface area contributed by atoms with E-state index in [1.54, 1.807) is 14.0 Å².